The molecular weight excluding hydrogens is 412 g/mol. The predicted molar refractivity (Wildman–Crippen MR) is 114 cm³/mol. The molecule has 0 N–H and O–H groups in total. The number of fused-ring (bicyclic) bond motifs is 2. The summed E-state index contributed by atoms with van der Waals surface area (Å²) >= 11 is 0. The van der Waals surface area contributed by atoms with Crippen LogP contribution in [-0.2, 0) is 4.74 Å². The number of hydrogen-bond acceptors (Lipinski definition) is 7. The number of ether oxygens (including phenoxy) is 3. The Bertz CT molecular complexity index is 1350. The van der Waals surface area contributed by atoms with Gasteiger partial charge in [0.2, 0.25) is 5.78 Å². The number of esters is 1. The van der Waals surface area contributed by atoms with Crippen LogP contribution in [0, 0.1) is 13.8 Å². The highest BCUT2D eigenvalue weighted by atomic mass is 16.6. The second kappa shape index (κ2) is 7.84. The van der Waals surface area contributed by atoms with Crippen molar-refractivity contribution in [3.05, 3.63) is 71.4 Å². The molecule has 4 aromatic rings. The zero-order valence-corrected chi connectivity index (χ0v) is 17.6. The molecule has 5 rings (SSSR count). The number of aromatic nitrogens is 4. The molecule has 0 aliphatic carbocycles. The van der Waals surface area contributed by atoms with Crippen LogP contribution in [0.15, 0.2) is 48.9 Å². The first kappa shape index (κ1) is 19.8. The standard InChI is InChI=1S/C23H20N4O5/c1-14-9-18(15(2)27(14)17-4-5-20-21(10-17)31-8-7-30-20)19(28)12-32-23(29)16-3-6-22-25-24-13-26(22)11-16/h3-6,9-11,13H,7-8,12H2,1-2H3. The fraction of sp³-hybridized carbons (Fsp3) is 0.217. The smallest absolute Gasteiger partial charge is 0.340 e. The van der Waals surface area contributed by atoms with Crippen LogP contribution in [0.2, 0.25) is 0 Å². The molecule has 162 valence electrons. The van der Waals surface area contributed by atoms with E-state index < -0.39 is 5.97 Å². The minimum absolute atomic E-state index is 0.277. The van der Waals surface area contributed by atoms with E-state index in [1.807, 2.05) is 36.6 Å². The normalized spacial score (nSPS) is 12.7. The molecule has 0 amide bonds. The lowest BCUT2D eigenvalue weighted by Gasteiger charge is -2.20. The van der Waals surface area contributed by atoms with Crippen molar-refractivity contribution in [1.82, 2.24) is 19.2 Å². The summed E-state index contributed by atoms with van der Waals surface area (Å²) in [6.07, 6.45) is 3.06. The number of carbonyl (C=O) groups excluding carboxylic acids is 2. The van der Waals surface area contributed by atoms with Crippen LogP contribution in [0.25, 0.3) is 11.3 Å². The highest BCUT2D eigenvalue weighted by Gasteiger charge is 2.20. The van der Waals surface area contributed by atoms with Crippen LogP contribution in [-0.4, -0.2) is 50.7 Å². The Hall–Kier alpha value is -4.14. The summed E-state index contributed by atoms with van der Waals surface area (Å²) in [6, 6.07) is 10.7. The van der Waals surface area contributed by atoms with Crippen LogP contribution < -0.4 is 9.47 Å². The maximum atomic E-state index is 12.8. The quantitative estimate of drug-likeness (QED) is 0.353. The van der Waals surface area contributed by atoms with Crippen molar-refractivity contribution in [2.24, 2.45) is 0 Å². The molecule has 0 saturated heterocycles. The Kier molecular flexibility index (Phi) is 4.85. The zero-order chi connectivity index (χ0) is 22.2. The maximum absolute atomic E-state index is 12.8. The van der Waals surface area contributed by atoms with Crippen molar-refractivity contribution in [2.45, 2.75) is 13.8 Å². The van der Waals surface area contributed by atoms with Gasteiger partial charge in [-0.25, -0.2) is 4.79 Å². The van der Waals surface area contributed by atoms with Crippen molar-refractivity contribution in [2.75, 3.05) is 19.8 Å². The van der Waals surface area contributed by atoms with Crippen LogP contribution in [0.1, 0.15) is 32.1 Å². The van der Waals surface area contributed by atoms with E-state index in [2.05, 4.69) is 10.2 Å². The molecule has 0 spiro atoms. The van der Waals surface area contributed by atoms with Crippen LogP contribution in [0.3, 0.4) is 0 Å². The van der Waals surface area contributed by atoms with Gasteiger partial charge in [-0.15, -0.1) is 10.2 Å². The third-order valence-corrected chi connectivity index (χ3v) is 5.38. The number of pyridine rings is 1. The monoisotopic (exact) mass is 432 g/mol. The second-order valence-corrected chi connectivity index (χ2v) is 7.46. The molecule has 3 aromatic heterocycles. The largest absolute Gasteiger partial charge is 0.486 e. The van der Waals surface area contributed by atoms with Gasteiger partial charge in [0.25, 0.3) is 0 Å². The Morgan fingerprint density at radius 1 is 1.06 bits per heavy atom. The molecule has 0 radical (unpaired) electrons. The van der Waals surface area contributed by atoms with E-state index in [4.69, 9.17) is 14.2 Å². The Labute approximate surface area is 183 Å². The third kappa shape index (κ3) is 3.47. The van der Waals surface area contributed by atoms with E-state index in [9.17, 15) is 9.59 Å². The van der Waals surface area contributed by atoms with Gasteiger partial charge in [0.05, 0.1) is 5.56 Å². The summed E-state index contributed by atoms with van der Waals surface area (Å²) in [4.78, 5) is 25.2. The Morgan fingerprint density at radius 2 is 1.88 bits per heavy atom. The average molecular weight is 432 g/mol. The molecule has 0 atom stereocenters. The molecule has 32 heavy (non-hydrogen) atoms. The molecule has 1 aliphatic heterocycles. The van der Waals surface area contributed by atoms with Gasteiger partial charge in [-0.2, -0.15) is 0 Å². The fourth-order valence-electron chi connectivity index (χ4n) is 3.85. The number of Topliss-reactive ketones (excluding diaryl/α,β-unsaturated/α-hetero) is 1. The lowest BCUT2D eigenvalue weighted by molar-refractivity contribution is 0.0474. The highest BCUT2D eigenvalue weighted by Crippen LogP contribution is 2.33. The van der Waals surface area contributed by atoms with Gasteiger partial charge < -0.3 is 18.8 Å². The molecule has 0 unspecified atom stereocenters. The lowest BCUT2D eigenvalue weighted by atomic mass is 10.1. The van der Waals surface area contributed by atoms with Gasteiger partial charge in [-0.05, 0) is 44.2 Å². The van der Waals surface area contributed by atoms with Crippen molar-refractivity contribution < 1.29 is 23.8 Å². The van der Waals surface area contributed by atoms with Gasteiger partial charge in [-0.1, -0.05) is 0 Å². The highest BCUT2D eigenvalue weighted by molar-refractivity contribution is 6.00. The number of rotatable bonds is 5. The van der Waals surface area contributed by atoms with E-state index in [1.54, 1.807) is 28.8 Å². The first-order valence-corrected chi connectivity index (χ1v) is 10.1. The third-order valence-electron chi connectivity index (χ3n) is 5.38. The first-order valence-electron chi connectivity index (χ1n) is 10.1. The van der Waals surface area contributed by atoms with Gasteiger partial charge in [-0.3, -0.25) is 9.20 Å². The van der Waals surface area contributed by atoms with E-state index in [1.165, 1.54) is 6.33 Å². The Morgan fingerprint density at radius 3 is 2.72 bits per heavy atom. The molecule has 0 saturated carbocycles. The van der Waals surface area contributed by atoms with Crippen LogP contribution in [0.4, 0.5) is 0 Å². The van der Waals surface area contributed by atoms with Crippen molar-refractivity contribution in [3.63, 3.8) is 0 Å². The summed E-state index contributed by atoms with van der Waals surface area (Å²) in [5, 5.41) is 7.67. The van der Waals surface area contributed by atoms with Crippen LogP contribution >= 0.6 is 0 Å². The van der Waals surface area contributed by atoms with Crippen molar-refractivity contribution in [3.8, 4) is 17.2 Å². The molecule has 0 bridgehead atoms. The fourth-order valence-corrected chi connectivity index (χ4v) is 3.85. The van der Waals surface area contributed by atoms with Gasteiger partial charge >= 0.3 is 5.97 Å². The molecule has 1 aliphatic rings. The molecule has 1 aromatic carbocycles. The van der Waals surface area contributed by atoms with Gasteiger partial charge in [0, 0.05) is 34.9 Å². The number of aryl methyl sites for hydroxylation is 1. The summed E-state index contributed by atoms with van der Waals surface area (Å²) < 4.78 is 20.1. The topological polar surface area (TPSA) is 97.0 Å². The number of carbonyl (C=O) groups is 2. The van der Waals surface area contributed by atoms with Crippen LogP contribution in [0.5, 0.6) is 11.5 Å². The van der Waals surface area contributed by atoms with Crippen molar-refractivity contribution >= 4 is 17.4 Å². The zero-order valence-electron chi connectivity index (χ0n) is 17.6. The molecule has 9 heteroatoms. The number of nitrogens with zero attached hydrogens (tertiary/aromatic N) is 4. The first-order chi connectivity index (χ1) is 15.5. The average Bonchev–Trinajstić information content (AvgIpc) is 3.40. The number of ketones is 1. The molecular formula is C23H20N4O5. The predicted octanol–water partition coefficient (Wildman–Crippen LogP) is 2.95. The van der Waals surface area contributed by atoms with E-state index in [0.29, 0.717) is 41.5 Å². The van der Waals surface area contributed by atoms with Gasteiger partial charge in [0.15, 0.2) is 23.8 Å². The summed E-state index contributed by atoms with van der Waals surface area (Å²) in [7, 11) is 0. The minimum atomic E-state index is -0.588. The summed E-state index contributed by atoms with van der Waals surface area (Å²) in [5.41, 5.74) is 3.93. The molecule has 9 nitrogen and oxygen atoms in total. The minimum Gasteiger partial charge on any atom is -0.486 e. The SMILES string of the molecule is Cc1cc(C(=O)COC(=O)c2ccc3nncn3c2)c(C)n1-c1ccc2c(c1)OCCO2. The van der Waals surface area contributed by atoms with E-state index in [0.717, 1.165) is 17.1 Å². The summed E-state index contributed by atoms with van der Waals surface area (Å²) in [6.45, 7) is 4.45. The van der Waals surface area contributed by atoms with Crippen molar-refractivity contribution in [1.29, 1.82) is 0 Å². The lowest BCUT2D eigenvalue weighted by Crippen LogP contribution is -2.16. The molecule has 4 heterocycles. The Balaban J connectivity index is 1.34. The number of hydrogen-bond donors (Lipinski definition) is 0. The molecule has 0 fully saturated rings. The maximum Gasteiger partial charge on any atom is 0.340 e. The summed E-state index contributed by atoms with van der Waals surface area (Å²) in [5.74, 6) is 0.513. The van der Waals surface area contributed by atoms with E-state index >= 15 is 0 Å². The second-order valence-electron chi connectivity index (χ2n) is 7.46. The number of benzene rings is 1. The van der Waals surface area contributed by atoms with Gasteiger partial charge in [0.1, 0.15) is 19.5 Å². The van der Waals surface area contributed by atoms with E-state index in [-0.39, 0.29) is 12.4 Å².